The number of hydrogen-bond donors (Lipinski definition) is 0. The average Bonchev–Trinajstić information content (AvgIpc) is 3.39. The van der Waals surface area contributed by atoms with Crippen molar-refractivity contribution in [2.75, 3.05) is 17.1 Å². The zero-order valence-corrected chi connectivity index (χ0v) is 23.7. The van der Waals surface area contributed by atoms with Gasteiger partial charge in [-0.1, -0.05) is 80.6 Å². The lowest BCUT2D eigenvalue weighted by atomic mass is 9.92. The van der Waals surface area contributed by atoms with Crippen LogP contribution in [0, 0.1) is 0 Å². The van der Waals surface area contributed by atoms with E-state index in [4.69, 9.17) is 14.9 Å². The maximum Gasteiger partial charge on any atom is 0.234 e. The lowest BCUT2D eigenvalue weighted by Gasteiger charge is -2.47. The van der Waals surface area contributed by atoms with Crippen LogP contribution in [0.5, 0.6) is 5.75 Å². The van der Waals surface area contributed by atoms with Crippen LogP contribution in [0.25, 0.3) is 0 Å². The molecule has 0 aromatic heterocycles. The maximum atomic E-state index is 12.8. The van der Waals surface area contributed by atoms with Gasteiger partial charge in [0.25, 0.3) is 0 Å². The summed E-state index contributed by atoms with van der Waals surface area (Å²) in [5.74, 6) is 1.09. The number of thioether (sulfide) groups is 1. The molecular formula is C33H30N4O2S. The number of methoxy groups -OCH3 is 1. The summed E-state index contributed by atoms with van der Waals surface area (Å²) in [6.45, 7) is 5.95. The standard InChI is InChI=1S/C33H30N4O2S/c1-22(2)24-14-16-25(17-15-24)31-29-12-8-9-13-30(29)33(36(34-31)26-10-6-5-7-11-26)37(35-32(40-33)23(3)38)27-18-20-28(39-4)21-19-27/h5-22H,1-4H3/t33-/m0/s1. The molecule has 0 bridgehead atoms. The van der Waals surface area contributed by atoms with Crippen LogP contribution in [0.15, 0.2) is 113 Å². The lowest BCUT2D eigenvalue weighted by molar-refractivity contribution is -0.110. The largest absolute Gasteiger partial charge is 0.497 e. The molecule has 40 heavy (non-hydrogen) atoms. The zero-order valence-electron chi connectivity index (χ0n) is 22.9. The Hall–Kier alpha value is -4.36. The minimum Gasteiger partial charge on any atom is -0.497 e. The van der Waals surface area contributed by atoms with Crippen molar-refractivity contribution in [3.05, 3.63) is 125 Å². The quantitative estimate of drug-likeness (QED) is 0.253. The number of Topliss-reactive ketones (excluding diaryl/α,β-unsaturated/α-hetero) is 1. The number of carbonyl (C=O) groups is 1. The summed E-state index contributed by atoms with van der Waals surface area (Å²) in [4.78, 5) is 11.8. The van der Waals surface area contributed by atoms with E-state index in [2.05, 4.69) is 50.2 Å². The number of rotatable bonds is 6. The molecule has 0 saturated heterocycles. The van der Waals surface area contributed by atoms with Crippen molar-refractivity contribution < 1.29 is 9.53 Å². The molecule has 2 aliphatic heterocycles. The molecule has 2 aliphatic rings. The van der Waals surface area contributed by atoms with Crippen LogP contribution in [-0.4, -0.2) is 23.6 Å². The molecule has 0 saturated carbocycles. The molecule has 2 heterocycles. The van der Waals surface area contributed by atoms with Crippen LogP contribution in [0.4, 0.5) is 11.4 Å². The third-order valence-electron chi connectivity index (χ3n) is 7.21. The molecule has 0 aliphatic carbocycles. The maximum absolute atomic E-state index is 12.8. The molecule has 4 aromatic carbocycles. The van der Waals surface area contributed by atoms with Crippen molar-refractivity contribution in [1.29, 1.82) is 0 Å². The van der Waals surface area contributed by atoms with Gasteiger partial charge >= 0.3 is 0 Å². The van der Waals surface area contributed by atoms with Gasteiger partial charge in [0.2, 0.25) is 4.99 Å². The van der Waals surface area contributed by atoms with E-state index in [0.29, 0.717) is 11.0 Å². The summed E-state index contributed by atoms with van der Waals surface area (Å²) in [5.41, 5.74) is 6.88. The fourth-order valence-corrected chi connectivity index (χ4v) is 6.40. The van der Waals surface area contributed by atoms with Gasteiger partial charge in [-0.3, -0.25) is 4.79 Å². The van der Waals surface area contributed by atoms with Crippen LogP contribution in [0.3, 0.4) is 0 Å². The van der Waals surface area contributed by atoms with Crippen LogP contribution >= 0.6 is 11.8 Å². The van der Waals surface area contributed by atoms with Gasteiger partial charge in [-0.15, -0.1) is 0 Å². The fraction of sp³-hybridized carbons (Fsp3) is 0.182. The number of anilines is 2. The Labute approximate surface area is 239 Å². The zero-order chi connectivity index (χ0) is 27.9. The third kappa shape index (κ3) is 4.27. The Morgan fingerprint density at radius 3 is 2.08 bits per heavy atom. The first-order valence-corrected chi connectivity index (χ1v) is 14.1. The second kappa shape index (κ2) is 10.3. The van der Waals surface area contributed by atoms with Crippen molar-refractivity contribution in [3.63, 3.8) is 0 Å². The predicted molar refractivity (Wildman–Crippen MR) is 164 cm³/mol. The van der Waals surface area contributed by atoms with Crippen LogP contribution in [0.2, 0.25) is 0 Å². The van der Waals surface area contributed by atoms with E-state index in [-0.39, 0.29) is 5.78 Å². The molecule has 0 amide bonds. The van der Waals surface area contributed by atoms with E-state index in [1.807, 2.05) is 76.7 Å². The second-order valence-electron chi connectivity index (χ2n) is 10.1. The predicted octanol–water partition coefficient (Wildman–Crippen LogP) is 7.36. The number of fused-ring (bicyclic) bond motifs is 2. The molecule has 0 unspecified atom stereocenters. The topological polar surface area (TPSA) is 57.5 Å². The summed E-state index contributed by atoms with van der Waals surface area (Å²) in [6.07, 6.45) is 0. The van der Waals surface area contributed by atoms with E-state index >= 15 is 0 Å². The number of carbonyl (C=O) groups excluding carboxylic acids is 1. The van der Waals surface area contributed by atoms with Gasteiger partial charge in [-0.25, -0.2) is 10.0 Å². The number of benzene rings is 4. The lowest BCUT2D eigenvalue weighted by Crippen LogP contribution is -2.54. The second-order valence-corrected chi connectivity index (χ2v) is 11.3. The van der Waals surface area contributed by atoms with Crippen molar-refractivity contribution >= 4 is 39.7 Å². The monoisotopic (exact) mass is 546 g/mol. The highest BCUT2D eigenvalue weighted by Gasteiger charge is 2.55. The average molecular weight is 547 g/mol. The van der Waals surface area contributed by atoms with Crippen LogP contribution < -0.4 is 14.8 Å². The van der Waals surface area contributed by atoms with Gasteiger partial charge in [-0.2, -0.15) is 10.2 Å². The molecule has 1 spiro atoms. The van der Waals surface area contributed by atoms with Gasteiger partial charge in [0, 0.05) is 23.6 Å². The highest BCUT2D eigenvalue weighted by molar-refractivity contribution is 8.17. The highest BCUT2D eigenvalue weighted by Crippen LogP contribution is 2.55. The number of hydrogen-bond acceptors (Lipinski definition) is 7. The molecule has 200 valence electrons. The highest BCUT2D eigenvalue weighted by atomic mass is 32.2. The van der Waals surface area contributed by atoms with E-state index < -0.39 is 4.99 Å². The van der Waals surface area contributed by atoms with Gasteiger partial charge < -0.3 is 4.74 Å². The molecule has 0 N–H and O–H groups in total. The summed E-state index contributed by atoms with van der Waals surface area (Å²) < 4.78 is 5.42. The van der Waals surface area contributed by atoms with E-state index in [0.717, 1.165) is 39.5 Å². The Morgan fingerprint density at radius 2 is 1.43 bits per heavy atom. The number of ketones is 1. The SMILES string of the molecule is COc1ccc(N2N=C(C(C)=O)S[C@]23c2ccccc2C(c2ccc(C(C)C)cc2)=NN3c2ccccc2)cc1. The van der Waals surface area contributed by atoms with Gasteiger partial charge in [0.05, 0.1) is 24.2 Å². The van der Waals surface area contributed by atoms with Crippen LogP contribution in [0.1, 0.15) is 48.9 Å². The molecule has 0 radical (unpaired) electrons. The van der Waals surface area contributed by atoms with E-state index in [1.54, 1.807) is 14.0 Å². The first kappa shape index (κ1) is 25.9. The number of ether oxygens (including phenoxy) is 1. The Bertz CT molecular complexity index is 1610. The normalized spacial score (nSPS) is 18.0. The van der Waals surface area contributed by atoms with Crippen molar-refractivity contribution in [2.24, 2.45) is 10.2 Å². The molecule has 6 rings (SSSR count). The fourth-order valence-electron chi connectivity index (χ4n) is 5.11. The first-order chi connectivity index (χ1) is 19.4. The minimum absolute atomic E-state index is 0.0927. The Balaban J connectivity index is 1.61. The summed E-state index contributed by atoms with van der Waals surface area (Å²) in [7, 11) is 1.65. The van der Waals surface area contributed by atoms with Crippen LogP contribution in [-0.2, 0) is 9.79 Å². The van der Waals surface area contributed by atoms with Crippen molar-refractivity contribution in [1.82, 2.24) is 0 Å². The molecule has 6 nitrogen and oxygen atoms in total. The minimum atomic E-state index is -0.977. The van der Waals surface area contributed by atoms with E-state index in [9.17, 15) is 4.79 Å². The van der Waals surface area contributed by atoms with Crippen molar-refractivity contribution in [2.45, 2.75) is 31.7 Å². The number of hydrazone groups is 2. The summed E-state index contributed by atoms with van der Waals surface area (Å²) >= 11 is 1.42. The van der Waals surface area contributed by atoms with Gasteiger partial charge in [0.1, 0.15) is 5.75 Å². The first-order valence-electron chi connectivity index (χ1n) is 13.3. The number of nitrogens with zero attached hydrogens (tertiary/aromatic N) is 4. The molecular weight excluding hydrogens is 516 g/mol. The van der Waals surface area contributed by atoms with Gasteiger partial charge in [-0.05, 0) is 59.6 Å². The molecule has 7 heteroatoms. The summed E-state index contributed by atoms with van der Waals surface area (Å²) in [6, 6.07) is 34.7. The molecule has 1 atom stereocenters. The Kier molecular flexibility index (Phi) is 6.68. The Morgan fingerprint density at radius 1 is 0.800 bits per heavy atom. The number of para-hydroxylation sites is 1. The van der Waals surface area contributed by atoms with E-state index in [1.165, 1.54) is 17.3 Å². The van der Waals surface area contributed by atoms with Gasteiger partial charge in [0.15, 0.2) is 10.8 Å². The summed E-state index contributed by atoms with van der Waals surface area (Å²) in [5, 5.41) is 14.6. The molecule has 4 aromatic rings. The third-order valence-corrected chi connectivity index (χ3v) is 8.62. The smallest absolute Gasteiger partial charge is 0.234 e. The van der Waals surface area contributed by atoms with Crippen molar-refractivity contribution in [3.8, 4) is 5.75 Å². The molecule has 0 fully saturated rings.